The summed E-state index contributed by atoms with van der Waals surface area (Å²) in [6, 6.07) is 29.7. The lowest BCUT2D eigenvalue weighted by atomic mass is 9.94. The van der Waals surface area contributed by atoms with Gasteiger partial charge in [-0.2, -0.15) is 0 Å². The van der Waals surface area contributed by atoms with Crippen LogP contribution in [0.2, 0.25) is 0 Å². The van der Waals surface area contributed by atoms with Crippen LogP contribution in [-0.2, 0) is 6.42 Å². The van der Waals surface area contributed by atoms with E-state index in [1.807, 2.05) is 0 Å². The maximum absolute atomic E-state index is 2.41. The van der Waals surface area contributed by atoms with Crippen molar-refractivity contribution >= 4 is 43.1 Å². The number of hydrogen-bond acceptors (Lipinski definition) is 0. The first-order valence-electron chi connectivity index (χ1n) is 11.6. The van der Waals surface area contributed by atoms with Gasteiger partial charge in [-0.3, -0.25) is 0 Å². The van der Waals surface area contributed by atoms with Crippen molar-refractivity contribution in [1.29, 1.82) is 0 Å². The predicted molar refractivity (Wildman–Crippen MR) is 134 cm³/mol. The zero-order valence-electron chi connectivity index (χ0n) is 18.0. The van der Waals surface area contributed by atoms with E-state index in [0.29, 0.717) is 0 Å². The third-order valence-electron chi connectivity index (χ3n) is 6.58. The highest BCUT2D eigenvalue weighted by atomic mass is 14.1. The second-order valence-corrected chi connectivity index (χ2v) is 8.72. The van der Waals surface area contributed by atoms with Crippen molar-refractivity contribution in [2.75, 3.05) is 0 Å². The normalized spacial score (nSPS) is 11.8. The minimum absolute atomic E-state index is 1.20. The molecule has 5 aromatic rings. The number of unbranched alkanes of at least 4 members (excludes halogenated alkanes) is 5. The highest BCUT2D eigenvalue weighted by molar-refractivity contribution is 6.17. The molecule has 0 aliphatic heterocycles. The molecule has 0 heterocycles. The molecule has 30 heavy (non-hydrogen) atoms. The van der Waals surface area contributed by atoms with E-state index in [9.17, 15) is 0 Å². The standard InChI is InChI=1S/C30H30/c1-2-3-4-5-6-7-10-22-13-18-28-24(19-22)16-17-26-20-29-25(21-30(26)28)15-14-23-11-8-9-12-27(23)29/h8-9,11-21H,2-7,10H2,1H3. The van der Waals surface area contributed by atoms with Crippen molar-refractivity contribution in [3.63, 3.8) is 0 Å². The Labute approximate surface area is 179 Å². The van der Waals surface area contributed by atoms with Crippen molar-refractivity contribution in [1.82, 2.24) is 0 Å². The lowest BCUT2D eigenvalue weighted by Crippen LogP contribution is -1.88. The van der Waals surface area contributed by atoms with Crippen LogP contribution in [-0.4, -0.2) is 0 Å². The van der Waals surface area contributed by atoms with Gasteiger partial charge < -0.3 is 0 Å². The first kappa shape index (κ1) is 19.1. The Morgan fingerprint density at radius 3 is 1.83 bits per heavy atom. The van der Waals surface area contributed by atoms with E-state index in [1.165, 1.54) is 93.6 Å². The number of hydrogen-bond donors (Lipinski definition) is 0. The molecule has 0 fully saturated rings. The second kappa shape index (κ2) is 8.48. The fourth-order valence-corrected chi connectivity index (χ4v) is 4.88. The topological polar surface area (TPSA) is 0 Å². The van der Waals surface area contributed by atoms with Gasteiger partial charge in [0.25, 0.3) is 0 Å². The maximum atomic E-state index is 2.41. The fraction of sp³-hybridized carbons (Fsp3) is 0.267. The fourth-order valence-electron chi connectivity index (χ4n) is 4.88. The number of rotatable bonds is 7. The zero-order valence-corrected chi connectivity index (χ0v) is 18.0. The van der Waals surface area contributed by atoms with E-state index in [-0.39, 0.29) is 0 Å². The number of aryl methyl sites for hydroxylation is 1. The van der Waals surface area contributed by atoms with Gasteiger partial charge in [0, 0.05) is 0 Å². The molecule has 0 unspecified atom stereocenters. The molecule has 5 aromatic carbocycles. The second-order valence-electron chi connectivity index (χ2n) is 8.72. The van der Waals surface area contributed by atoms with Crippen LogP contribution in [0.4, 0.5) is 0 Å². The highest BCUT2D eigenvalue weighted by Gasteiger charge is 2.06. The summed E-state index contributed by atoms with van der Waals surface area (Å²) in [6.45, 7) is 2.28. The molecule has 0 heteroatoms. The van der Waals surface area contributed by atoms with Crippen LogP contribution in [0.3, 0.4) is 0 Å². The molecule has 5 rings (SSSR count). The van der Waals surface area contributed by atoms with Crippen molar-refractivity contribution in [2.45, 2.75) is 51.9 Å². The Hall–Kier alpha value is -2.86. The number of benzene rings is 5. The van der Waals surface area contributed by atoms with Crippen LogP contribution in [0.15, 0.2) is 78.9 Å². The van der Waals surface area contributed by atoms with E-state index in [1.54, 1.807) is 0 Å². The van der Waals surface area contributed by atoms with E-state index >= 15 is 0 Å². The van der Waals surface area contributed by atoms with Crippen LogP contribution in [0.25, 0.3) is 43.1 Å². The van der Waals surface area contributed by atoms with Gasteiger partial charge in [0.05, 0.1) is 0 Å². The van der Waals surface area contributed by atoms with Gasteiger partial charge in [-0.1, -0.05) is 106 Å². The summed E-state index contributed by atoms with van der Waals surface area (Å²) in [6.07, 6.45) is 9.34. The lowest BCUT2D eigenvalue weighted by Gasteiger charge is -2.10. The quantitative estimate of drug-likeness (QED) is 0.148. The van der Waals surface area contributed by atoms with Gasteiger partial charge in [0.2, 0.25) is 0 Å². The van der Waals surface area contributed by atoms with Gasteiger partial charge in [0.1, 0.15) is 0 Å². The molecule has 150 valence electrons. The molecule has 0 N–H and O–H groups in total. The average molecular weight is 391 g/mol. The maximum Gasteiger partial charge on any atom is -0.00990 e. The summed E-state index contributed by atoms with van der Waals surface area (Å²) in [5.41, 5.74) is 1.48. The van der Waals surface area contributed by atoms with Gasteiger partial charge in [-0.05, 0) is 73.6 Å². The zero-order chi connectivity index (χ0) is 20.3. The summed E-state index contributed by atoms with van der Waals surface area (Å²) < 4.78 is 0. The van der Waals surface area contributed by atoms with Crippen LogP contribution < -0.4 is 0 Å². The summed E-state index contributed by atoms with van der Waals surface area (Å²) in [4.78, 5) is 0. The molecule has 0 aromatic heterocycles. The predicted octanol–water partition coefficient (Wildman–Crippen LogP) is 9.20. The molecular weight excluding hydrogens is 360 g/mol. The van der Waals surface area contributed by atoms with Crippen molar-refractivity contribution in [3.05, 3.63) is 84.4 Å². The third kappa shape index (κ3) is 3.67. The smallest absolute Gasteiger partial charge is 0.00990 e. The Kier molecular flexibility index (Phi) is 5.41. The van der Waals surface area contributed by atoms with E-state index in [2.05, 4.69) is 85.8 Å². The molecule has 0 saturated heterocycles. The van der Waals surface area contributed by atoms with Gasteiger partial charge in [-0.25, -0.2) is 0 Å². The van der Waals surface area contributed by atoms with Gasteiger partial charge >= 0.3 is 0 Å². The number of fused-ring (bicyclic) bond motifs is 6. The average Bonchev–Trinajstić information content (AvgIpc) is 2.80. The summed E-state index contributed by atoms with van der Waals surface area (Å²) in [7, 11) is 0. The lowest BCUT2D eigenvalue weighted by molar-refractivity contribution is 0.607. The van der Waals surface area contributed by atoms with E-state index in [0.717, 1.165) is 0 Å². The highest BCUT2D eigenvalue weighted by Crippen LogP contribution is 2.33. The molecule has 0 amide bonds. The largest absolute Gasteiger partial charge is 0.0654 e. The summed E-state index contributed by atoms with van der Waals surface area (Å²) in [5, 5.41) is 10.7. The van der Waals surface area contributed by atoms with Gasteiger partial charge in [-0.15, -0.1) is 0 Å². The first-order chi connectivity index (χ1) is 14.8. The van der Waals surface area contributed by atoms with Gasteiger partial charge in [0.15, 0.2) is 0 Å². The first-order valence-corrected chi connectivity index (χ1v) is 11.6. The van der Waals surface area contributed by atoms with Crippen LogP contribution in [0.5, 0.6) is 0 Å². The van der Waals surface area contributed by atoms with Crippen molar-refractivity contribution in [2.24, 2.45) is 0 Å². The molecular formula is C30H30. The molecule has 0 aliphatic rings. The van der Waals surface area contributed by atoms with Crippen LogP contribution >= 0.6 is 0 Å². The van der Waals surface area contributed by atoms with Crippen LogP contribution in [0.1, 0.15) is 51.0 Å². The molecule has 0 aliphatic carbocycles. The summed E-state index contributed by atoms with van der Waals surface area (Å²) in [5.74, 6) is 0. The van der Waals surface area contributed by atoms with Crippen LogP contribution in [0, 0.1) is 0 Å². The SMILES string of the molecule is CCCCCCCCc1ccc2c(ccc3cc4c(ccc5ccccc54)cc32)c1. The molecule has 0 atom stereocenters. The Morgan fingerprint density at radius 1 is 0.467 bits per heavy atom. The Morgan fingerprint density at radius 2 is 1.07 bits per heavy atom. The minimum Gasteiger partial charge on any atom is -0.0654 e. The monoisotopic (exact) mass is 390 g/mol. The van der Waals surface area contributed by atoms with Crippen molar-refractivity contribution < 1.29 is 0 Å². The molecule has 0 radical (unpaired) electrons. The van der Waals surface area contributed by atoms with E-state index < -0.39 is 0 Å². The van der Waals surface area contributed by atoms with E-state index in [4.69, 9.17) is 0 Å². The molecule has 0 saturated carbocycles. The Bertz CT molecular complexity index is 1330. The molecule has 0 spiro atoms. The minimum atomic E-state index is 1.20. The van der Waals surface area contributed by atoms with Crippen molar-refractivity contribution in [3.8, 4) is 0 Å². The third-order valence-corrected chi connectivity index (χ3v) is 6.58. The summed E-state index contributed by atoms with van der Waals surface area (Å²) >= 11 is 0. The molecule has 0 bridgehead atoms. The Balaban J connectivity index is 1.48. The molecule has 0 nitrogen and oxygen atoms in total.